The average molecular weight is 252 g/mol. The van der Waals surface area contributed by atoms with Crippen LogP contribution in [0.5, 0.6) is 0 Å². The number of carbonyl (C=O) groups is 2. The van der Waals surface area contributed by atoms with E-state index in [4.69, 9.17) is 0 Å². The quantitative estimate of drug-likeness (QED) is 0.257. The van der Waals surface area contributed by atoms with Crippen LogP contribution in [0.2, 0.25) is 0 Å². The normalized spacial score (nSPS) is 16.1. The molecule has 1 aliphatic heterocycles. The van der Waals surface area contributed by atoms with Crippen molar-refractivity contribution in [2.45, 2.75) is 64.7 Å². The van der Waals surface area contributed by atoms with E-state index in [1.54, 1.807) is 6.08 Å². The van der Waals surface area contributed by atoms with E-state index in [-0.39, 0.29) is 0 Å². The Balaban J connectivity index is 1.88. The zero-order chi connectivity index (χ0) is 13.2. The van der Waals surface area contributed by atoms with Crippen molar-refractivity contribution in [3.63, 3.8) is 0 Å². The van der Waals surface area contributed by atoms with Crippen LogP contribution < -0.4 is 0 Å². The summed E-state index contributed by atoms with van der Waals surface area (Å²) in [4.78, 5) is 21.7. The lowest BCUT2D eigenvalue weighted by Gasteiger charge is -2.17. The Morgan fingerprint density at radius 1 is 0.944 bits per heavy atom. The lowest BCUT2D eigenvalue weighted by atomic mass is 10.0. The Bertz CT molecular complexity index is 280. The van der Waals surface area contributed by atoms with Gasteiger partial charge in [0, 0.05) is 0 Å². The average Bonchev–Trinajstić information content (AvgIpc) is 2.36. The van der Waals surface area contributed by atoms with E-state index in [9.17, 15) is 9.59 Å². The van der Waals surface area contributed by atoms with Crippen molar-refractivity contribution in [2.75, 3.05) is 0 Å². The molecule has 0 amide bonds. The van der Waals surface area contributed by atoms with Crippen molar-refractivity contribution in [3.05, 3.63) is 12.2 Å². The van der Waals surface area contributed by atoms with Gasteiger partial charge in [0.1, 0.15) is 0 Å². The molecule has 1 rings (SSSR count). The van der Waals surface area contributed by atoms with Crippen LogP contribution in [0.25, 0.3) is 0 Å². The summed E-state index contributed by atoms with van der Waals surface area (Å²) in [6, 6.07) is 0. The Morgan fingerprint density at radius 3 is 2.06 bits per heavy atom. The summed E-state index contributed by atoms with van der Waals surface area (Å²) >= 11 is 0. The number of cyclic esters (lactones) is 2. The van der Waals surface area contributed by atoms with Gasteiger partial charge in [0.25, 0.3) is 0 Å². The predicted octanol–water partition coefficient (Wildman–Crippen LogP) is 3.77. The molecule has 3 nitrogen and oxygen atoms in total. The van der Waals surface area contributed by atoms with E-state index < -0.39 is 17.9 Å². The molecule has 0 atom stereocenters. The molecule has 3 heteroatoms. The summed E-state index contributed by atoms with van der Waals surface area (Å²) in [5.41, 5.74) is 0. The number of carbonyl (C=O) groups excluding carboxylic acids is 2. The third-order valence-corrected chi connectivity index (χ3v) is 3.26. The van der Waals surface area contributed by atoms with Crippen LogP contribution in [0.15, 0.2) is 12.2 Å². The summed E-state index contributed by atoms with van der Waals surface area (Å²) in [5, 5.41) is 0. The minimum absolute atomic E-state index is 0.410. The molecule has 0 saturated carbocycles. The Labute approximate surface area is 110 Å². The second kappa shape index (κ2) is 8.90. The first-order valence-corrected chi connectivity index (χ1v) is 7.18. The number of esters is 2. The van der Waals surface area contributed by atoms with Gasteiger partial charge in [-0.2, -0.15) is 0 Å². The molecule has 0 unspecified atom stereocenters. The lowest BCUT2D eigenvalue weighted by Crippen LogP contribution is -2.39. The number of ether oxygens (including phenoxy) is 1. The molecule has 102 valence electrons. The third kappa shape index (κ3) is 5.48. The maximum atomic E-state index is 10.8. The highest BCUT2D eigenvalue weighted by Gasteiger charge is 2.39. The Kier molecular flexibility index (Phi) is 7.38. The van der Waals surface area contributed by atoms with Crippen molar-refractivity contribution < 1.29 is 14.3 Å². The van der Waals surface area contributed by atoms with Crippen LogP contribution in [0, 0.1) is 5.92 Å². The van der Waals surface area contributed by atoms with E-state index >= 15 is 0 Å². The molecule has 0 spiro atoms. The van der Waals surface area contributed by atoms with Crippen LogP contribution in [0.3, 0.4) is 0 Å². The van der Waals surface area contributed by atoms with Gasteiger partial charge < -0.3 is 4.74 Å². The molecule has 0 bridgehead atoms. The van der Waals surface area contributed by atoms with E-state index in [1.807, 2.05) is 6.08 Å². The maximum absolute atomic E-state index is 10.8. The van der Waals surface area contributed by atoms with Gasteiger partial charge in [0.15, 0.2) is 5.92 Å². The number of hydrogen-bond donors (Lipinski definition) is 0. The van der Waals surface area contributed by atoms with Gasteiger partial charge in [0.2, 0.25) is 0 Å². The van der Waals surface area contributed by atoms with Gasteiger partial charge in [-0.05, 0) is 12.8 Å². The van der Waals surface area contributed by atoms with Gasteiger partial charge in [-0.25, -0.2) is 0 Å². The zero-order valence-electron chi connectivity index (χ0n) is 11.3. The van der Waals surface area contributed by atoms with Crippen molar-refractivity contribution in [3.8, 4) is 0 Å². The van der Waals surface area contributed by atoms with Crippen LogP contribution in [-0.2, 0) is 14.3 Å². The molecular weight excluding hydrogens is 228 g/mol. The monoisotopic (exact) mass is 252 g/mol. The molecule has 0 aromatic rings. The van der Waals surface area contributed by atoms with Crippen LogP contribution in [0.1, 0.15) is 64.7 Å². The van der Waals surface area contributed by atoms with E-state index in [0.29, 0.717) is 0 Å². The molecule has 0 aromatic carbocycles. The molecule has 0 N–H and O–H groups in total. The van der Waals surface area contributed by atoms with Gasteiger partial charge >= 0.3 is 11.9 Å². The second-order valence-corrected chi connectivity index (χ2v) is 4.91. The minimum atomic E-state index is -0.612. The summed E-state index contributed by atoms with van der Waals surface area (Å²) in [6.07, 6.45) is 14.9. The zero-order valence-corrected chi connectivity index (χ0v) is 11.3. The maximum Gasteiger partial charge on any atom is 0.331 e. The molecule has 1 saturated heterocycles. The molecule has 1 heterocycles. The van der Waals surface area contributed by atoms with E-state index in [2.05, 4.69) is 11.7 Å². The summed E-state index contributed by atoms with van der Waals surface area (Å²) in [6.45, 7) is 2.23. The van der Waals surface area contributed by atoms with Gasteiger partial charge in [-0.15, -0.1) is 0 Å². The van der Waals surface area contributed by atoms with Crippen molar-refractivity contribution in [2.24, 2.45) is 5.92 Å². The molecular formula is C15H24O3. The molecule has 0 aliphatic carbocycles. The fraction of sp³-hybridized carbons (Fsp3) is 0.733. The first-order chi connectivity index (χ1) is 8.75. The van der Waals surface area contributed by atoms with Gasteiger partial charge in [0.05, 0.1) is 0 Å². The SMILES string of the molecule is CCCCCCCCCC/C=C\C1C(=O)OC1=O. The minimum Gasteiger partial charge on any atom is -0.391 e. The molecule has 0 aromatic heterocycles. The van der Waals surface area contributed by atoms with Gasteiger partial charge in [-0.3, -0.25) is 9.59 Å². The lowest BCUT2D eigenvalue weighted by molar-refractivity contribution is -0.180. The predicted molar refractivity (Wildman–Crippen MR) is 71.0 cm³/mol. The Morgan fingerprint density at radius 2 is 1.50 bits per heavy atom. The fourth-order valence-electron chi connectivity index (χ4n) is 2.05. The van der Waals surface area contributed by atoms with Crippen molar-refractivity contribution >= 4 is 11.9 Å². The van der Waals surface area contributed by atoms with Crippen LogP contribution in [0.4, 0.5) is 0 Å². The highest BCUT2D eigenvalue weighted by atomic mass is 16.6. The summed E-state index contributed by atoms with van der Waals surface area (Å²) < 4.78 is 4.26. The smallest absolute Gasteiger partial charge is 0.331 e. The largest absolute Gasteiger partial charge is 0.391 e. The topological polar surface area (TPSA) is 43.4 Å². The number of hydrogen-bond acceptors (Lipinski definition) is 3. The van der Waals surface area contributed by atoms with Gasteiger partial charge in [-0.1, -0.05) is 64.0 Å². The standard InChI is InChI=1S/C15H24O3/c1-2-3-4-5-6-7-8-9-10-11-12-13-14(16)18-15(13)17/h11-13H,2-10H2,1H3/b12-11-. The first kappa shape index (κ1) is 14.9. The first-order valence-electron chi connectivity index (χ1n) is 7.18. The number of rotatable bonds is 10. The summed E-state index contributed by atoms with van der Waals surface area (Å²) in [5.74, 6) is -1.43. The molecule has 0 radical (unpaired) electrons. The van der Waals surface area contributed by atoms with Crippen molar-refractivity contribution in [1.82, 2.24) is 0 Å². The highest BCUT2D eigenvalue weighted by molar-refractivity contribution is 6.11. The molecule has 18 heavy (non-hydrogen) atoms. The van der Waals surface area contributed by atoms with Crippen LogP contribution in [-0.4, -0.2) is 11.9 Å². The Hall–Kier alpha value is -1.12. The molecule has 1 aliphatic rings. The highest BCUT2D eigenvalue weighted by Crippen LogP contribution is 2.17. The summed E-state index contributed by atoms with van der Waals surface area (Å²) in [7, 11) is 0. The third-order valence-electron chi connectivity index (χ3n) is 3.26. The number of unbranched alkanes of at least 4 members (excludes halogenated alkanes) is 8. The van der Waals surface area contributed by atoms with Crippen LogP contribution >= 0.6 is 0 Å². The van der Waals surface area contributed by atoms with E-state index in [0.717, 1.165) is 12.8 Å². The number of allylic oxidation sites excluding steroid dienone is 1. The second-order valence-electron chi connectivity index (χ2n) is 4.91. The molecule has 1 fully saturated rings. The van der Waals surface area contributed by atoms with E-state index in [1.165, 1.54) is 44.9 Å². The fourth-order valence-corrected chi connectivity index (χ4v) is 2.05. The van der Waals surface area contributed by atoms with Crippen molar-refractivity contribution in [1.29, 1.82) is 0 Å².